The Balaban J connectivity index is 1.76. The van der Waals surface area contributed by atoms with Crippen molar-refractivity contribution in [3.05, 3.63) is 45.5 Å². The summed E-state index contributed by atoms with van der Waals surface area (Å²) in [4.78, 5) is 4.66. The molecule has 1 aliphatic rings. The summed E-state index contributed by atoms with van der Waals surface area (Å²) in [5, 5.41) is 23.1. The molecule has 0 bridgehead atoms. The van der Waals surface area contributed by atoms with Gasteiger partial charge in [0.2, 0.25) is 11.0 Å². The average Bonchev–Trinajstić information content (AvgIpc) is 2.93. The number of phenols is 1. The lowest BCUT2D eigenvalue weighted by molar-refractivity contribution is 0.224. The number of nitrogens with zero attached hydrogens (tertiary/aromatic N) is 3. The second-order valence-electron chi connectivity index (χ2n) is 6.92. The van der Waals surface area contributed by atoms with Crippen LogP contribution < -0.4 is 14.8 Å². The monoisotopic (exact) mass is 550 g/mol. The summed E-state index contributed by atoms with van der Waals surface area (Å²) in [6, 6.07) is 11.5. The molecule has 162 valence electrons. The van der Waals surface area contributed by atoms with E-state index in [0.29, 0.717) is 32.7 Å². The molecule has 4 rings (SSSR count). The van der Waals surface area contributed by atoms with Crippen molar-refractivity contribution in [2.45, 2.75) is 38.1 Å². The molecular weight excluding hydrogens is 527 g/mol. The van der Waals surface area contributed by atoms with E-state index >= 15 is 0 Å². The minimum absolute atomic E-state index is 0.124. The van der Waals surface area contributed by atoms with Crippen LogP contribution in [0.1, 0.15) is 38.5 Å². The van der Waals surface area contributed by atoms with Crippen LogP contribution in [-0.4, -0.2) is 32.6 Å². The summed E-state index contributed by atoms with van der Waals surface area (Å²) in [7, 11) is 0. The SMILES string of the molecule is CCCCSc1nnc2c(n1)O[C@H](c1cc(I)c(O)c(OCC)c1)Nc1ccccc1-2. The molecular formula is C22H23IN4O3S. The Kier molecular flexibility index (Phi) is 7.01. The molecule has 0 saturated carbocycles. The highest BCUT2D eigenvalue weighted by molar-refractivity contribution is 14.1. The van der Waals surface area contributed by atoms with E-state index in [1.54, 1.807) is 17.8 Å². The van der Waals surface area contributed by atoms with Crippen molar-refractivity contribution in [1.29, 1.82) is 0 Å². The number of fused-ring (bicyclic) bond motifs is 3. The van der Waals surface area contributed by atoms with Crippen molar-refractivity contribution in [2.24, 2.45) is 0 Å². The van der Waals surface area contributed by atoms with E-state index in [2.05, 4.69) is 50.0 Å². The standard InChI is InChI=1S/C22H23IN4O3S/c1-3-5-10-31-22-25-21-18(26-27-22)14-8-6-7-9-16(14)24-20(30-21)13-11-15(23)19(28)17(12-13)29-4-2/h6-9,11-12,20,24,28H,3-5,10H2,1-2H3/t20-/m1/s1. The average molecular weight is 550 g/mol. The van der Waals surface area contributed by atoms with E-state index < -0.39 is 6.23 Å². The molecule has 0 radical (unpaired) electrons. The Morgan fingerprint density at radius 1 is 1.23 bits per heavy atom. The first-order valence-corrected chi connectivity index (χ1v) is 12.2. The zero-order chi connectivity index (χ0) is 21.8. The van der Waals surface area contributed by atoms with Crippen molar-refractivity contribution in [3.8, 4) is 28.6 Å². The quantitative estimate of drug-likeness (QED) is 0.222. The van der Waals surface area contributed by atoms with E-state index in [1.165, 1.54) is 0 Å². The van der Waals surface area contributed by atoms with Crippen molar-refractivity contribution in [2.75, 3.05) is 17.7 Å². The normalized spacial score (nSPS) is 14.6. The maximum Gasteiger partial charge on any atom is 0.247 e. The Labute approximate surface area is 199 Å². The van der Waals surface area contributed by atoms with Gasteiger partial charge in [-0.25, -0.2) is 0 Å². The lowest BCUT2D eigenvalue weighted by atomic mass is 10.1. The maximum atomic E-state index is 10.3. The molecule has 2 heterocycles. The van der Waals surface area contributed by atoms with Crippen LogP contribution in [0.3, 0.4) is 0 Å². The summed E-state index contributed by atoms with van der Waals surface area (Å²) in [5.74, 6) is 1.91. The number of ether oxygens (including phenoxy) is 2. The molecule has 0 spiro atoms. The highest BCUT2D eigenvalue weighted by Gasteiger charge is 2.27. The van der Waals surface area contributed by atoms with E-state index in [1.807, 2.05) is 37.3 Å². The number of benzene rings is 2. The van der Waals surface area contributed by atoms with Gasteiger partial charge in [0.05, 0.1) is 10.2 Å². The van der Waals surface area contributed by atoms with E-state index in [-0.39, 0.29) is 5.75 Å². The van der Waals surface area contributed by atoms with Crippen molar-refractivity contribution < 1.29 is 14.6 Å². The fraction of sp³-hybridized carbons (Fsp3) is 0.318. The zero-order valence-electron chi connectivity index (χ0n) is 17.3. The van der Waals surface area contributed by atoms with Crippen LogP contribution in [0.2, 0.25) is 0 Å². The second kappa shape index (κ2) is 9.90. The number of hydrogen-bond acceptors (Lipinski definition) is 8. The number of para-hydroxylation sites is 1. The summed E-state index contributed by atoms with van der Waals surface area (Å²) >= 11 is 3.67. The Bertz CT molecular complexity index is 1080. The fourth-order valence-corrected chi connectivity index (χ4v) is 4.66. The third kappa shape index (κ3) is 4.82. The molecule has 2 N–H and O–H groups in total. The van der Waals surface area contributed by atoms with Crippen molar-refractivity contribution in [1.82, 2.24) is 15.2 Å². The maximum absolute atomic E-state index is 10.3. The molecule has 0 amide bonds. The van der Waals surface area contributed by atoms with Crippen molar-refractivity contribution in [3.63, 3.8) is 0 Å². The first kappa shape index (κ1) is 21.9. The number of anilines is 1. The predicted octanol–water partition coefficient (Wildman–Crippen LogP) is 5.64. The largest absolute Gasteiger partial charge is 0.504 e. The molecule has 3 aromatic rings. The highest BCUT2D eigenvalue weighted by atomic mass is 127. The van der Waals surface area contributed by atoms with Crippen LogP contribution >= 0.6 is 34.4 Å². The predicted molar refractivity (Wildman–Crippen MR) is 130 cm³/mol. The molecule has 1 aliphatic heterocycles. The summed E-state index contributed by atoms with van der Waals surface area (Å²) in [6.45, 7) is 4.49. The molecule has 2 aromatic carbocycles. The smallest absolute Gasteiger partial charge is 0.247 e. The molecule has 0 aliphatic carbocycles. The molecule has 31 heavy (non-hydrogen) atoms. The molecule has 1 aromatic heterocycles. The molecule has 0 fully saturated rings. The van der Waals surface area contributed by atoms with Gasteiger partial charge >= 0.3 is 0 Å². The van der Waals surface area contributed by atoms with Crippen LogP contribution in [-0.2, 0) is 0 Å². The third-order valence-electron chi connectivity index (χ3n) is 4.72. The van der Waals surface area contributed by atoms with Gasteiger partial charge in [-0.1, -0.05) is 43.3 Å². The van der Waals surface area contributed by atoms with Gasteiger partial charge in [-0.3, -0.25) is 0 Å². The van der Waals surface area contributed by atoms with E-state index in [9.17, 15) is 5.11 Å². The Morgan fingerprint density at radius 3 is 2.87 bits per heavy atom. The Hall–Kier alpha value is -2.27. The number of nitrogens with one attached hydrogen (secondary N) is 1. The molecule has 7 nitrogen and oxygen atoms in total. The minimum Gasteiger partial charge on any atom is -0.504 e. The van der Waals surface area contributed by atoms with E-state index in [4.69, 9.17) is 9.47 Å². The highest BCUT2D eigenvalue weighted by Crippen LogP contribution is 2.41. The first-order chi connectivity index (χ1) is 15.1. The van der Waals surface area contributed by atoms with Gasteiger partial charge in [-0.05, 0) is 54.1 Å². The van der Waals surface area contributed by atoms with Gasteiger partial charge < -0.3 is 19.9 Å². The number of phenolic OH excluding ortho intramolecular Hbond substituents is 1. The molecule has 0 unspecified atom stereocenters. The molecule has 0 saturated heterocycles. The lowest BCUT2D eigenvalue weighted by Gasteiger charge is -2.21. The van der Waals surface area contributed by atoms with Crippen LogP contribution in [0.25, 0.3) is 11.3 Å². The first-order valence-electron chi connectivity index (χ1n) is 10.2. The number of thioether (sulfide) groups is 1. The summed E-state index contributed by atoms with van der Waals surface area (Å²) in [5.41, 5.74) is 3.16. The van der Waals surface area contributed by atoms with Crippen LogP contribution in [0.15, 0.2) is 41.6 Å². The lowest BCUT2D eigenvalue weighted by Crippen LogP contribution is -2.17. The molecule has 1 atom stereocenters. The molecule has 9 heteroatoms. The number of unbranched alkanes of at least 4 members (excludes halogenated alkanes) is 1. The minimum atomic E-state index is -0.541. The van der Waals surface area contributed by atoms with Gasteiger partial charge in [0, 0.05) is 22.6 Å². The van der Waals surface area contributed by atoms with Crippen molar-refractivity contribution >= 4 is 40.0 Å². The Morgan fingerprint density at radius 2 is 2.06 bits per heavy atom. The third-order valence-corrected chi connectivity index (χ3v) is 6.46. The van der Waals surface area contributed by atoms with Crippen LogP contribution in [0.5, 0.6) is 17.4 Å². The number of rotatable bonds is 7. The number of aromatic hydroxyl groups is 1. The second-order valence-corrected chi connectivity index (χ2v) is 9.14. The van der Waals surface area contributed by atoms with Crippen LogP contribution in [0, 0.1) is 3.57 Å². The van der Waals surface area contributed by atoms with E-state index in [0.717, 1.165) is 35.4 Å². The van der Waals surface area contributed by atoms with Gasteiger partial charge in [0.1, 0.15) is 0 Å². The van der Waals surface area contributed by atoms with Gasteiger partial charge in [-0.2, -0.15) is 4.98 Å². The number of aromatic nitrogens is 3. The summed E-state index contributed by atoms with van der Waals surface area (Å²) < 4.78 is 12.6. The number of hydrogen-bond donors (Lipinski definition) is 2. The van der Waals surface area contributed by atoms with Gasteiger partial charge in [-0.15, -0.1) is 10.2 Å². The van der Waals surface area contributed by atoms with Crippen LogP contribution in [0.4, 0.5) is 5.69 Å². The topological polar surface area (TPSA) is 89.4 Å². The summed E-state index contributed by atoms with van der Waals surface area (Å²) in [6.07, 6.45) is 1.66. The zero-order valence-corrected chi connectivity index (χ0v) is 20.2. The van der Waals surface area contributed by atoms with Gasteiger partial charge in [0.25, 0.3) is 0 Å². The fourth-order valence-electron chi connectivity index (χ4n) is 3.18. The number of halogens is 1. The van der Waals surface area contributed by atoms with Gasteiger partial charge in [0.15, 0.2) is 23.4 Å².